The van der Waals surface area contributed by atoms with Crippen molar-refractivity contribution in [2.75, 3.05) is 5.32 Å². The van der Waals surface area contributed by atoms with Gasteiger partial charge in [-0.05, 0) is 97.9 Å². The number of sulfonamides is 1. The molecule has 0 atom stereocenters. The Hall–Kier alpha value is -2.49. The Labute approximate surface area is 186 Å². The first-order valence-corrected chi connectivity index (χ1v) is 12.2. The van der Waals surface area contributed by atoms with Crippen LogP contribution in [0.2, 0.25) is 0 Å². The molecule has 2 aromatic rings. The Morgan fingerprint density at radius 1 is 1.06 bits per heavy atom. The normalized spacial score (nSPS) is 15.4. The van der Waals surface area contributed by atoms with E-state index >= 15 is 0 Å². The quantitative estimate of drug-likeness (QED) is 0.545. The molecule has 2 aliphatic rings. The third kappa shape index (κ3) is 4.00. The minimum absolute atomic E-state index is 0.174. The summed E-state index contributed by atoms with van der Waals surface area (Å²) in [6.45, 7) is 2.59. The fourth-order valence-electron chi connectivity index (χ4n) is 4.79. The molecule has 7 nitrogen and oxygen atoms in total. The zero-order valence-electron chi connectivity index (χ0n) is 18.1. The highest BCUT2D eigenvalue weighted by Gasteiger charge is 2.31. The fraction of sp³-hybridized carbons (Fsp3) is 0.435. The summed E-state index contributed by atoms with van der Waals surface area (Å²) in [5.41, 5.74) is 2.54. The molecule has 0 saturated carbocycles. The van der Waals surface area contributed by atoms with Crippen LogP contribution in [-0.4, -0.2) is 24.7 Å². The molecule has 0 bridgehead atoms. The largest absolute Gasteiger partial charge is 0.392 e. The van der Waals surface area contributed by atoms with Crippen molar-refractivity contribution in [1.29, 1.82) is 0 Å². The van der Waals surface area contributed by atoms with E-state index < -0.39 is 21.7 Å². The third-order valence-corrected chi connectivity index (χ3v) is 7.58. The number of hydrogen-bond acceptors (Lipinski definition) is 5. The molecule has 0 aliphatic heterocycles. The zero-order valence-corrected chi connectivity index (χ0v) is 18.9. The standard InChI is InChI=1S/C23H27FN2O5S/c1-23(2,29)19-11-14(10-9-13(19)12-27)32(30,31)26-22(28)25-21-17-7-3-5-15(17)20(24)16-6-4-8-18(16)21/h9-11,27,29H,3-8,12H2,1-2H3,(H2,25,26,28). The van der Waals surface area contributed by atoms with E-state index in [4.69, 9.17) is 0 Å². The average Bonchev–Trinajstić information content (AvgIpc) is 3.39. The van der Waals surface area contributed by atoms with Crippen LogP contribution < -0.4 is 10.0 Å². The molecular formula is C23H27FN2O5S. The summed E-state index contributed by atoms with van der Waals surface area (Å²) in [6, 6.07) is 2.99. The van der Waals surface area contributed by atoms with Crippen LogP contribution in [0.25, 0.3) is 0 Å². The highest BCUT2D eigenvalue weighted by atomic mass is 32.2. The summed E-state index contributed by atoms with van der Waals surface area (Å²) in [5, 5.41) is 22.5. The van der Waals surface area contributed by atoms with E-state index in [2.05, 4.69) is 5.32 Å². The average molecular weight is 463 g/mol. The molecule has 0 saturated heterocycles. The molecule has 4 rings (SSSR count). The van der Waals surface area contributed by atoms with Crippen molar-refractivity contribution in [1.82, 2.24) is 4.72 Å². The highest BCUT2D eigenvalue weighted by molar-refractivity contribution is 7.90. The van der Waals surface area contributed by atoms with Crippen molar-refractivity contribution in [3.05, 3.63) is 57.4 Å². The number of anilines is 1. The molecule has 32 heavy (non-hydrogen) atoms. The predicted molar refractivity (Wildman–Crippen MR) is 117 cm³/mol. The van der Waals surface area contributed by atoms with E-state index in [0.29, 0.717) is 48.1 Å². The zero-order chi connectivity index (χ0) is 23.3. The van der Waals surface area contributed by atoms with Crippen molar-refractivity contribution in [3.8, 4) is 0 Å². The van der Waals surface area contributed by atoms with Crippen molar-refractivity contribution < 1.29 is 27.8 Å². The van der Waals surface area contributed by atoms with Crippen LogP contribution in [0.1, 0.15) is 60.1 Å². The maximum atomic E-state index is 14.8. The van der Waals surface area contributed by atoms with Gasteiger partial charge in [0.2, 0.25) is 0 Å². The highest BCUT2D eigenvalue weighted by Crippen LogP contribution is 2.41. The smallest absolute Gasteiger partial charge is 0.333 e. The number of benzene rings is 2. The van der Waals surface area contributed by atoms with Gasteiger partial charge < -0.3 is 15.5 Å². The van der Waals surface area contributed by atoms with Gasteiger partial charge in [0, 0.05) is 5.69 Å². The second-order valence-electron chi connectivity index (χ2n) is 8.91. The molecule has 2 aromatic carbocycles. The number of carbonyl (C=O) groups excluding carboxylic acids is 1. The first kappa shape index (κ1) is 22.7. The Morgan fingerprint density at radius 3 is 2.16 bits per heavy atom. The van der Waals surface area contributed by atoms with E-state index in [9.17, 15) is 27.8 Å². The summed E-state index contributed by atoms with van der Waals surface area (Å²) in [5.74, 6) is -0.174. The molecule has 2 amide bonds. The minimum atomic E-state index is -4.25. The van der Waals surface area contributed by atoms with Crippen LogP contribution in [0, 0.1) is 5.82 Å². The van der Waals surface area contributed by atoms with Crippen LogP contribution in [0.5, 0.6) is 0 Å². The van der Waals surface area contributed by atoms with E-state index in [1.54, 1.807) is 0 Å². The van der Waals surface area contributed by atoms with Gasteiger partial charge in [0.1, 0.15) is 5.82 Å². The summed E-state index contributed by atoms with van der Waals surface area (Å²) in [6.07, 6.45) is 4.08. The number of halogens is 1. The molecule has 9 heteroatoms. The summed E-state index contributed by atoms with van der Waals surface area (Å²) >= 11 is 0. The summed E-state index contributed by atoms with van der Waals surface area (Å²) in [7, 11) is -4.25. The number of nitrogens with one attached hydrogen (secondary N) is 2. The Morgan fingerprint density at radius 2 is 1.62 bits per heavy atom. The first-order chi connectivity index (χ1) is 15.0. The first-order valence-electron chi connectivity index (χ1n) is 10.7. The number of rotatable bonds is 5. The van der Waals surface area contributed by atoms with Gasteiger partial charge in [-0.3, -0.25) is 0 Å². The second kappa shape index (κ2) is 8.13. The number of aliphatic hydroxyl groups excluding tert-OH is 1. The third-order valence-electron chi connectivity index (χ3n) is 6.26. The number of urea groups is 1. The van der Waals surface area contributed by atoms with Gasteiger partial charge in [0.15, 0.2) is 0 Å². The number of amides is 2. The fourth-order valence-corrected chi connectivity index (χ4v) is 5.72. The van der Waals surface area contributed by atoms with Crippen molar-refractivity contribution in [2.45, 2.75) is 69.5 Å². The maximum Gasteiger partial charge on any atom is 0.333 e. The molecule has 0 aromatic heterocycles. The SMILES string of the molecule is CC(C)(O)c1cc(S(=O)(=O)NC(=O)Nc2c3c(c(F)c4c2CCC4)CCC3)ccc1CO. The number of fused-ring (bicyclic) bond motifs is 2. The van der Waals surface area contributed by atoms with Gasteiger partial charge in [-0.1, -0.05) is 6.07 Å². The molecule has 0 radical (unpaired) electrons. The van der Waals surface area contributed by atoms with Crippen molar-refractivity contribution in [3.63, 3.8) is 0 Å². The van der Waals surface area contributed by atoms with Gasteiger partial charge in [-0.2, -0.15) is 0 Å². The molecule has 0 spiro atoms. The van der Waals surface area contributed by atoms with Gasteiger partial charge >= 0.3 is 6.03 Å². The van der Waals surface area contributed by atoms with Crippen LogP contribution >= 0.6 is 0 Å². The van der Waals surface area contributed by atoms with Crippen LogP contribution in [0.15, 0.2) is 23.1 Å². The van der Waals surface area contributed by atoms with Crippen LogP contribution in [-0.2, 0) is 47.9 Å². The summed E-state index contributed by atoms with van der Waals surface area (Å²) < 4.78 is 42.6. The number of carbonyl (C=O) groups is 1. The van der Waals surface area contributed by atoms with E-state index in [1.165, 1.54) is 32.0 Å². The molecular weight excluding hydrogens is 435 g/mol. The van der Waals surface area contributed by atoms with E-state index in [-0.39, 0.29) is 22.9 Å². The lowest BCUT2D eigenvalue weighted by Gasteiger charge is -2.22. The Bertz CT molecular complexity index is 1170. The van der Waals surface area contributed by atoms with Gasteiger partial charge in [0.25, 0.3) is 10.0 Å². The lowest BCUT2D eigenvalue weighted by molar-refractivity contribution is 0.0757. The number of aliphatic hydroxyl groups is 2. The molecule has 172 valence electrons. The van der Waals surface area contributed by atoms with E-state index in [1.807, 2.05) is 4.72 Å². The van der Waals surface area contributed by atoms with Gasteiger partial charge in [-0.25, -0.2) is 22.3 Å². The Kier molecular flexibility index (Phi) is 5.77. The topological polar surface area (TPSA) is 116 Å². The van der Waals surface area contributed by atoms with Gasteiger partial charge in [-0.15, -0.1) is 0 Å². The summed E-state index contributed by atoms with van der Waals surface area (Å²) in [4.78, 5) is 12.5. The molecule has 2 aliphatic carbocycles. The lowest BCUT2D eigenvalue weighted by atomic mass is 9.93. The number of hydrogen-bond donors (Lipinski definition) is 4. The van der Waals surface area contributed by atoms with Crippen LogP contribution in [0.4, 0.5) is 14.9 Å². The lowest BCUT2D eigenvalue weighted by Crippen LogP contribution is -2.35. The monoisotopic (exact) mass is 462 g/mol. The van der Waals surface area contributed by atoms with E-state index in [0.717, 1.165) is 24.0 Å². The molecule has 0 fully saturated rings. The van der Waals surface area contributed by atoms with Gasteiger partial charge in [0.05, 0.1) is 17.1 Å². The van der Waals surface area contributed by atoms with Crippen LogP contribution in [0.3, 0.4) is 0 Å². The van der Waals surface area contributed by atoms with Crippen molar-refractivity contribution >= 4 is 21.7 Å². The maximum absolute atomic E-state index is 14.8. The molecule has 0 heterocycles. The second-order valence-corrected chi connectivity index (χ2v) is 10.6. The minimum Gasteiger partial charge on any atom is -0.392 e. The predicted octanol–water partition coefficient (Wildman–Crippen LogP) is 3.03. The van der Waals surface area contributed by atoms with Crippen molar-refractivity contribution in [2.24, 2.45) is 0 Å². The molecule has 0 unspecified atom stereocenters. The Balaban J connectivity index is 1.62. The molecule has 4 N–H and O–H groups in total.